The number of hydrogen-bond donors (Lipinski definition) is 1. The Morgan fingerprint density at radius 1 is 1.25 bits per heavy atom. The lowest BCUT2D eigenvalue weighted by Gasteiger charge is -2.07. The number of non-ortho nitro benzene ring substituents is 1. The predicted octanol–water partition coefficient (Wildman–Crippen LogP) is 1.35. The van der Waals surface area contributed by atoms with Gasteiger partial charge in [0.2, 0.25) is 0 Å². The fraction of sp³-hybridized carbons (Fsp3) is 0.417. The van der Waals surface area contributed by atoms with Crippen LogP contribution in [0.25, 0.3) is 0 Å². The Bertz CT molecular complexity index is 434. The number of ether oxygens (including phenoxy) is 3. The average Bonchev–Trinajstić information content (AvgIpc) is 2.43. The zero-order valence-corrected chi connectivity index (χ0v) is 11.0. The predicted molar refractivity (Wildman–Crippen MR) is 69.8 cm³/mol. The normalized spacial score (nSPS) is 10.1. The number of nitro groups is 1. The van der Waals surface area contributed by atoms with E-state index in [1.165, 1.54) is 24.3 Å². The van der Waals surface area contributed by atoms with Crippen molar-refractivity contribution in [1.29, 1.82) is 0 Å². The monoisotopic (exact) mass is 284 g/mol. The number of methoxy groups -OCH3 is 1. The summed E-state index contributed by atoms with van der Waals surface area (Å²) in [6.07, 6.45) is -0.644. The highest BCUT2D eigenvalue weighted by Gasteiger charge is 2.07. The van der Waals surface area contributed by atoms with Crippen LogP contribution in [0.5, 0.6) is 5.75 Å². The summed E-state index contributed by atoms with van der Waals surface area (Å²) in [6, 6.07) is 5.23. The van der Waals surface area contributed by atoms with Gasteiger partial charge >= 0.3 is 6.09 Å². The Hall–Kier alpha value is -2.19. The van der Waals surface area contributed by atoms with E-state index in [2.05, 4.69) is 5.32 Å². The van der Waals surface area contributed by atoms with Crippen molar-refractivity contribution >= 4 is 11.8 Å². The highest BCUT2D eigenvalue weighted by Crippen LogP contribution is 2.17. The van der Waals surface area contributed by atoms with Crippen molar-refractivity contribution in [3.05, 3.63) is 34.4 Å². The molecule has 0 heterocycles. The van der Waals surface area contributed by atoms with E-state index < -0.39 is 11.0 Å². The van der Waals surface area contributed by atoms with Gasteiger partial charge < -0.3 is 19.5 Å². The second-order valence-electron chi connectivity index (χ2n) is 3.67. The molecule has 1 amide bonds. The molecule has 0 atom stereocenters. The third-order valence-electron chi connectivity index (χ3n) is 2.21. The second kappa shape index (κ2) is 8.83. The Labute approximate surface area is 115 Å². The molecule has 0 aliphatic carbocycles. The maximum Gasteiger partial charge on any atom is 0.412 e. The number of carbonyl (C=O) groups is 1. The van der Waals surface area contributed by atoms with Gasteiger partial charge in [-0.2, -0.15) is 0 Å². The van der Waals surface area contributed by atoms with Crippen molar-refractivity contribution < 1.29 is 23.9 Å². The number of nitrogens with one attached hydrogen (secondary N) is 1. The van der Waals surface area contributed by atoms with Crippen LogP contribution in [0.4, 0.5) is 10.5 Å². The van der Waals surface area contributed by atoms with E-state index in [0.717, 1.165) is 0 Å². The van der Waals surface area contributed by atoms with E-state index in [1.807, 2.05) is 0 Å². The van der Waals surface area contributed by atoms with Gasteiger partial charge in [-0.05, 0) is 12.1 Å². The van der Waals surface area contributed by atoms with Crippen LogP contribution in [0, 0.1) is 10.1 Å². The van der Waals surface area contributed by atoms with Crippen molar-refractivity contribution in [2.75, 3.05) is 33.5 Å². The summed E-state index contributed by atoms with van der Waals surface area (Å²) in [6.45, 7) is 1.59. The molecule has 1 N–H and O–H groups in total. The van der Waals surface area contributed by atoms with Gasteiger partial charge in [0, 0.05) is 25.8 Å². The smallest absolute Gasteiger partial charge is 0.410 e. The molecule has 0 bridgehead atoms. The number of benzene rings is 1. The van der Waals surface area contributed by atoms with Crippen molar-refractivity contribution in [2.24, 2.45) is 0 Å². The quantitative estimate of drug-likeness (QED) is 0.439. The SMILES string of the molecule is COCCOCCNC(=O)Oc1ccc([N+](=O)[O-])cc1. The summed E-state index contributed by atoms with van der Waals surface area (Å²) >= 11 is 0. The number of rotatable bonds is 8. The maximum absolute atomic E-state index is 11.4. The Morgan fingerprint density at radius 2 is 1.95 bits per heavy atom. The van der Waals surface area contributed by atoms with Gasteiger partial charge in [-0.3, -0.25) is 10.1 Å². The number of amides is 1. The van der Waals surface area contributed by atoms with Crippen LogP contribution in [0.3, 0.4) is 0 Å². The van der Waals surface area contributed by atoms with Crippen molar-refractivity contribution in [2.45, 2.75) is 0 Å². The first kappa shape index (κ1) is 15.9. The van der Waals surface area contributed by atoms with E-state index in [0.29, 0.717) is 26.4 Å². The molecule has 110 valence electrons. The molecule has 20 heavy (non-hydrogen) atoms. The third-order valence-corrected chi connectivity index (χ3v) is 2.21. The van der Waals surface area contributed by atoms with Crippen LogP contribution < -0.4 is 10.1 Å². The van der Waals surface area contributed by atoms with Crippen molar-refractivity contribution in [3.8, 4) is 5.75 Å². The summed E-state index contributed by atoms with van der Waals surface area (Å²) in [5.74, 6) is 0.230. The van der Waals surface area contributed by atoms with E-state index >= 15 is 0 Å². The topological polar surface area (TPSA) is 99.9 Å². The van der Waals surface area contributed by atoms with E-state index in [-0.39, 0.29) is 11.4 Å². The van der Waals surface area contributed by atoms with E-state index in [4.69, 9.17) is 14.2 Å². The van der Waals surface area contributed by atoms with Gasteiger partial charge in [0.25, 0.3) is 5.69 Å². The number of hydrogen-bond acceptors (Lipinski definition) is 6. The number of nitrogens with zero attached hydrogens (tertiary/aromatic N) is 1. The molecule has 0 radical (unpaired) electrons. The molecule has 0 fully saturated rings. The zero-order valence-electron chi connectivity index (χ0n) is 11.0. The molecule has 0 spiro atoms. The molecular weight excluding hydrogens is 268 g/mol. The minimum absolute atomic E-state index is 0.0655. The highest BCUT2D eigenvalue weighted by molar-refractivity contribution is 5.70. The van der Waals surface area contributed by atoms with Crippen LogP contribution in [0.1, 0.15) is 0 Å². The molecule has 0 saturated heterocycles. The number of nitro benzene ring substituents is 1. The first-order valence-corrected chi connectivity index (χ1v) is 5.90. The molecule has 8 heteroatoms. The van der Waals surface area contributed by atoms with E-state index in [1.54, 1.807) is 7.11 Å². The largest absolute Gasteiger partial charge is 0.412 e. The van der Waals surface area contributed by atoms with Crippen LogP contribution in [-0.4, -0.2) is 44.5 Å². The maximum atomic E-state index is 11.4. The molecule has 0 aliphatic rings. The minimum Gasteiger partial charge on any atom is -0.410 e. The molecule has 0 aliphatic heterocycles. The summed E-state index contributed by atoms with van der Waals surface area (Å²) in [7, 11) is 1.57. The average molecular weight is 284 g/mol. The first-order valence-electron chi connectivity index (χ1n) is 5.90. The molecule has 8 nitrogen and oxygen atoms in total. The van der Waals surface area contributed by atoms with Gasteiger partial charge in [0.05, 0.1) is 24.7 Å². The minimum atomic E-state index is -0.644. The number of carbonyl (C=O) groups excluding carboxylic acids is 1. The lowest BCUT2D eigenvalue weighted by Crippen LogP contribution is -2.30. The lowest BCUT2D eigenvalue weighted by molar-refractivity contribution is -0.384. The lowest BCUT2D eigenvalue weighted by atomic mass is 10.3. The van der Waals surface area contributed by atoms with Gasteiger partial charge in [-0.15, -0.1) is 0 Å². The fourth-order valence-electron chi connectivity index (χ4n) is 1.25. The standard InChI is InChI=1S/C12H16N2O6/c1-18-8-9-19-7-6-13-12(15)20-11-4-2-10(3-5-11)14(16)17/h2-5H,6-9H2,1H3,(H,13,15). The molecule has 1 aromatic rings. The Balaban J connectivity index is 2.23. The van der Waals surface area contributed by atoms with Crippen molar-refractivity contribution in [3.63, 3.8) is 0 Å². The van der Waals surface area contributed by atoms with Crippen molar-refractivity contribution in [1.82, 2.24) is 5.32 Å². The van der Waals surface area contributed by atoms with Gasteiger partial charge in [-0.25, -0.2) is 4.79 Å². The summed E-state index contributed by atoms with van der Waals surface area (Å²) in [4.78, 5) is 21.3. The molecule has 0 unspecified atom stereocenters. The Kier molecular flexibility index (Phi) is 7.01. The van der Waals surface area contributed by atoms with Crippen LogP contribution in [0.2, 0.25) is 0 Å². The van der Waals surface area contributed by atoms with E-state index in [9.17, 15) is 14.9 Å². The van der Waals surface area contributed by atoms with Crippen LogP contribution >= 0.6 is 0 Å². The summed E-state index contributed by atoms with van der Waals surface area (Å²) in [5, 5.41) is 12.9. The summed E-state index contributed by atoms with van der Waals surface area (Å²) < 4.78 is 14.9. The van der Waals surface area contributed by atoms with Gasteiger partial charge in [0.1, 0.15) is 5.75 Å². The molecule has 1 rings (SSSR count). The van der Waals surface area contributed by atoms with Gasteiger partial charge in [0.15, 0.2) is 0 Å². The van der Waals surface area contributed by atoms with Crippen LogP contribution in [0.15, 0.2) is 24.3 Å². The molecule has 0 aromatic heterocycles. The zero-order chi connectivity index (χ0) is 14.8. The van der Waals surface area contributed by atoms with Gasteiger partial charge in [-0.1, -0.05) is 0 Å². The molecule has 1 aromatic carbocycles. The highest BCUT2D eigenvalue weighted by atomic mass is 16.6. The van der Waals surface area contributed by atoms with Crippen LogP contribution in [-0.2, 0) is 9.47 Å². The first-order chi connectivity index (χ1) is 9.63. The second-order valence-corrected chi connectivity index (χ2v) is 3.67. The summed E-state index contributed by atoms with van der Waals surface area (Å²) in [5.41, 5.74) is -0.0655. The third kappa shape index (κ3) is 6.12. The fourth-order valence-corrected chi connectivity index (χ4v) is 1.25. The molecular formula is C12H16N2O6. The Morgan fingerprint density at radius 3 is 2.55 bits per heavy atom. The molecule has 0 saturated carbocycles.